The predicted molar refractivity (Wildman–Crippen MR) is 108 cm³/mol. The molecular formula is C20H18N4O3S. The second-order valence-corrected chi connectivity index (χ2v) is 7.16. The van der Waals surface area contributed by atoms with Crippen LogP contribution in [0.4, 0.5) is 5.13 Å². The minimum Gasteiger partial charge on any atom is -0.497 e. The molecule has 4 rings (SSSR count). The lowest BCUT2D eigenvalue weighted by atomic mass is 10.2. The van der Waals surface area contributed by atoms with E-state index in [1.54, 1.807) is 24.1 Å². The Morgan fingerprint density at radius 2 is 1.93 bits per heavy atom. The van der Waals surface area contributed by atoms with Gasteiger partial charge in [-0.25, -0.2) is 9.67 Å². The molecule has 0 saturated heterocycles. The first-order valence-corrected chi connectivity index (χ1v) is 9.41. The van der Waals surface area contributed by atoms with Gasteiger partial charge in [-0.1, -0.05) is 17.4 Å². The van der Waals surface area contributed by atoms with Crippen molar-refractivity contribution < 1.29 is 14.3 Å². The van der Waals surface area contributed by atoms with E-state index in [9.17, 15) is 4.79 Å². The zero-order chi connectivity index (χ0) is 19.5. The van der Waals surface area contributed by atoms with Gasteiger partial charge in [-0.3, -0.25) is 10.1 Å². The molecule has 2 aromatic carbocycles. The molecule has 28 heavy (non-hydrogen) atoms. The van der Waals surface area contributed by atoms with Crippen molar-refractivity contribution in [1.29, 1.82) is 0 Å². The number of hydrogen-bond donors (Lipinski definition) is 1. The third kappa shape index (κ3) is 3.96. The number of aryl methyl sites for hydroxylation is 1. The smallest absolute Gasteiger partial charge is 0.277 e. The first-order valence-electron chi connectivity index (χ1n) is 8.59. The number of carbonyl (C=O) groups is 1. The Hall–Kier alpha value is -3.39. The summed E-state index contributed by atoms with van der Waals surface area (Å²) in [6, 6.07) is 14.9. The Morgan fingerprint density at radius 3 is 2.71 bits per heavy atom. The fraction of sp³-hybridized carbons (Fsp3) is 0.150. The van der Waals surface area contributed by atoms with Gasteiger partial charge in [0.05, 0.1) is 17.3 Å². The first-order chi connectivity index (χ1) is 13.6. The van der Waals surface area contributed by atoms with Gasteiger partial charge in [0.15, 0.2) is 17.6 Å². The number of rotatable bonds is 6. The van der Waals surface area contributed by atoms with Crippen LogP contribution in [0.25, 0.3) is 10.2 Å². The number of hydrogen-bond acceptors (Lipinski definition) is 6. The van der Waals surface area contributed by atoms with Crippen molar-refractivity contribution in [2.75, 3.05) is 12.4 Å². The number of ether oxygens (including phenoxy) is 2. The highest BCUT2D eigenvalue weighted by molar-refractivity contribution is 7.22. The molecule has 0 radical (unpaired) electrons. The number of fused-ring (bicyclic) bond motifs is 1. The van der Waals surface area contributed by atoms with Crippen LogP contribution >= 0.6 is 11.3 Å². The van der Waals surface area contributed by atoms with E-state index in [1.807, 2.05) is 49.4 Å². The van der Waals surface area contributed by atoms with Gasteiger partial charge < -0.3 is 9.47 Å². The Labute approximate surface area is 165 Å². The first kappa shape index (κ1) is 18.0. The van der Waals surface area contributed by atoms with Crippen LogP contribution in [0.3, 0.4) is 0 Å². The fourth-order valence-corrected chi connectivity index (χ4v) is 3.57. The summed E-state index contributed by atoms with van der Waals surface area (Å²) in [7, 11) is 1.61. The van der Waals surface area contributed by atoms with Crippen LogP contribution in [0.2, 0.25) is 0 Å². The van der Waals surface area contributed by atoms with Crippen LogP contribution < -0.4 is 14.8 Å². The average Bonchev–Trinajstić information content (AvgIpc) is 3.33. The van der Waals surface area contributed by atoms with Crippen LogP contribution in [0.1, 0.15) is 16.1 Å². The van der Waals surface area contributed by atoms with Crippen molar-refractivity contribution in [3.8, 4) is 11.5 Å². The zero-order valence-electron chi connectivity index (χ0n) is 15.4. The summed E-state index contributed by atoms with van der Waals surface area (Å²) in [6.07, 6.45) is 1.69. The van der Waals surface area contributed by atoms with Crippen LogP contribution in [0.5, 0.6) is 11.5 Å². The summed E-state index contributed by atoms with van der Waals surface area (Å²) in [4.78, 5) is 16.9. The van der Waals surface area contributed by atoms with E-state index in [-0.39, 0.29) is 12.6 Å². The summed E-state index contributed by atoms with van der Waals surface area (Å²) < 4.78 is 13.4. The molecule has 1 N–H and O–H groups in total. The van der Waals surface area contributed by atoms with Crippen molar-refractivity contribution in [1.82, 2.24) is 14.8 Å². The molecule has 1 amide bonds. The van der Waals surface area contributed by atoms with Gasteiger partial charge in [0.1, 0.15) is 11.5 Å². The number of nitrogens with one attached hydrogen (secondary N) is 1. The molecule has 0 fully saturated rings. The Bertz CT molecular complexity index is 1120. The van der Waals surface area contributed by atoms with Crippen molar-refractivity contribution in [2.24, 2.45) is 0 Å². The molecule has 0 saturated carbocycles. The fourth-order valence-electron chi connectivity index (χ4n) is 2.61. The third-order valence-corrected chi connectivity index (χ3v) is 4.99. The molecule has 7 nitrogen and oxygen atoms in total. The van der Waals surface area contributed by atoms with Gasteiger partial charge in [0.2, 0.25) is 0 Å². The average molecular weight is 394 g/mol. The maximum atomic E-state index is 12.4. The molecule has 0 aliphatic heterocycles. The number of methoxy groups -OCH3 is 1. The second-order valence-electron chi connectivity index (χ2n) is 6.13. The van der Waals surface area contributed by atoms with E-state index in [0.717, 1.165) is 21.5 Å². The maximum absolute atomic E-state index is 12.4. The van der Waals surface area contributed by atoms with Gasteiger partial charge in [-0.05, 0) is 55.0 Å². The van der Waals surface area contributed by atoms with Gasteiger partial charge in [0.25, 0.3) is 5.91 Å². The van der Waals surface area contributed by atoms with E-state index in [0.29, 0.717) is 16.6 Å². The van der Waals surface area contributed by atoms with E-state index in [1.165, 1.54) is 11.3 Å². The summed E-state index contributed by atoms with van der Waals surface area (Å²) in [5.41, 5.74) is 2.32. The monoisotopic (exact) mass is 394 g/mol. The quantitative estimate of drug-likeness (QED) is 0.533. The Morgan fingerprint density at radius 1 is 1.14 bits per heavy atom. The van der Waals surface area contributed by atoms with E-state index >= 15 is 0 Å². The summed E-state index contributed by atoms with van der Waals surface area (Å²) >= 11 is 1.44. The topological polar surface area (TPSA) is 78.3 Å². The van der Waals surface area contributed by atoms with Crippen LogP contribution in [0.15, 0.2) is 54.7 Å². The molecule has 0 bridgehead atoms. The predicted octanol–water partition coefficient (Wildman–Crippen LogP) is 4.10. The van der Waals surface area contributed by atoms with Gasteiger partial charge >= 0.3 is 0 Å². The molecule has 142 valence electrons. The van der Waals surface area contributed by atoms with Gasteiger partial charge in [-0.2, -0.15) is 5.10 Å². The molecule has 0 spiro atoms. The summed E-state index contributed by atoms with van der Waals surface area (Å²) in [5, 5.41) is 7.61. The summed E-state index contributed by atoms with van der Waals surface area (Å²) in [5.74, 6) is 1.14. The largest absolute Gasteiger partial charge is 0.497 e. The number of nitrogens with zero attached hydrogens (tertiary/aromatic N) is 3. The number of thiazole rings is 1. The third-order valence-electron chi connectivity index (χ3n) is 4.06. The molecule has 0 atom stereocenters. The van der Waals surface area contributed by atoms with Crippen molar-refractivity contribution in [3.63, 3.8) is 0 Å². The highest BCUT2D eigenvalue weighted by Crippen LogP contribution is 2.27. The number of carbonyl (C=O) groups excluding carboxylic acids is 1. The molecule has 0 aliphatic carbocycles. The van der Waals surface area contributed by atoms with Crippen LogP contribution in [0, 0.1) is 6.92 Å². The highest BCUT2D eigenvalue weighted by atomic mass is 32.1. The lowest BCUT2D eigenvalue weighted by Gasteiger charge is -2.07. The van der Waals surface area contributed by atoms with Crippen LogP contribution in [-0.2, 0) is 6.73 Å². The lowest BCUT2D eigenvalue weighted by molar-refractivity contribution is 0.102. The zero-order valence-corrected chi connectivity index (χ0v) is 16.2. The SMILES string of the molecule is COc1ccc(OCn2ccc(C(=O)Nc3nc4ccc(C)cc4s3)n2)cc1. The molecule has 0 aliphatic rings. The highest BCUT2D eigenvalue weighted by Gasteiger charge is 2.13. The Kier molecular flexibility index (Phi) is 4.94. The number of amides is 1. The molecular weight excluding hydrogens is 376 g/mol. The molecule has 2 aromatic heterocycles. The number of anilines is 1. The molecule has 4 aromatic rings. The lowest BCUT2D eigenvalue weighted by Crippen LogP contribution is -2.14. The molecule has 2 heterocycles. The molecule has 0 unspecified atom stereocenters. The summed E-state index contributed by atoms with van der Waals surface area (Å²) in [6.45, 7) is 2.22. The van der Waals surface area contributed by atoms with E-state index in [2.05, 4.69) is 15.4 Å². The van der Waals surface area contributed by atoms with Crippen LogP contribution in [-0.4, -0.2) is 27.8 Å². The molecule has 8 heteroatoms. The Balaban J connectivity index is 1.39. The van der Waals surface area contributed by atoms with E-state index in [4.69, 9.17) is 9.47 Å². The number of benzene rings is 2. The standard InChI is InChI=1S/C20H18N4O3S/c1-13-3-8-16-18(11-13)28-20(21-16)22-19(25)17-9-10-24(23-17)12-27-15-6-4-14(26-2)5-7-15/h3-11H,12H2,1-2H3,(H,21,22,25). The van der Waals surface area contributed by atoms with Crippen molar-refractivity contribution in [3.05, 3.63) is 66.0 Å². The minimum absolute atomic E-state index is 0.194. The number of aromatic nitrogens is 3. The van der Waals surface area contributed by atoms with Gasteiger partial charge in [0, 0.05) is 6.20 Å². The van der Waals surface area contributed by atoms with E-state index < -0.39 is 0 Å². The normalized spacial score (nSPS) is 10.8. The minimum atomic E-state index is -0.307. The van der Waals surface area contributed by atoms with Crippen molar-refractivity contribution in [2.45, 2.75) is 13.7 Å². The van der Waals surface area contributed by atoms with Crippen molar-refractivity contribution >= 4 is 32.6 Å². The second kappa shape index (κ2) is 7.69. The van der Waals surface area contributed by atoms with Gasteiger partial charge in [-0.15, -0.1) is 0 Å². The maximum Gasteiger partial charge on any atom is 0.277 e.